The molecule has 4 N–H and O–H groups in total. The van der Waals surface area contributed by atoms with Crippen LogP contribution in [0.15, 0.2) is 40.6 Å². The van der Waals surface area contributed by atoms with Crippen LogP contribution < -0.4 is 11.5 Å². The molecule has 2 rings (SSSR count). The SMILES string of the molecule is Cc1cnc(Sc2ccc(N)c(C(N)=O)c2)nc1. The summed E-state index contributed by atoms with van der Waals surface area (Å²) < 4.78 is 0. The van der Waals surface area contributed by atoms with Gasteiger partial charge in [0.05, 0.1) is 5.56 Å². The summed E-state index contributed by atoms with van der Waals surface area (Å²) in [6.45, 7) is 1.92. The predicted molar refractivity (Wildman–Crippen MR) is 70.3 cm³/mol. The zero-order valence-corrected chi connectivity index (χ0v) is 10.6. The quantitative estimate of drug-likeness (QED) is 0.646. The molecule has 92 valence electrons. The molecular weight excluding hydrogens is 248 g/mol. The van der Waals surface area contributed by atoms with E-state index in [9.17, 15) is 4.79 Å². The molecule has 1 amide bonds. The van der Waals surface area contributed by atoms with E-state index in [-0.39, 0.29) is 0 Å². The van der Waals surface area contributed by atoms with Gasteiger partial charge in [-0.3, -0.25) is 4.79 Å². The molecule has 1 aromatic carbocycles. The topological polar surface area (TPSA) is 94.9 Å². The number of aryl methyl sites for hydroxylation is 1. The summed E-state index contributed by atoms with van der Waals surface area (Å²) in [5.74, 6) is -0.542. The lowest BCUT2D eigenvalue weighted by Crippen LogP contribution is -2.13. The minimum absolute atomic E-state index is 0.312. The van der Waals surface area contributed by atoms with Gasteiger partial charge in [-0.05, 0) is 42.4 Å². The van der Waals surface area contributed by atoms with Crippen molar-refractivity contribution in [2.75, 3.05) is 5.73 Å². The van der Waals surface area contributed by atoms with E-state index in [4.69, 9.17) is 11.5 Å². The van der Waals surface area contributed by atoms with Crippen LogP contribution in [0, 0.1) is 6.92 Å². The average molecular weight is 260 g/mol. The Bertz CT molecular complexity index is 583. The third kappa shape index (κ3) is 2.78. The maximum atomic E-state index is 11.2. The smallest absolute Gasteiger partial charge is 0.250 e. The maximum Gasteiger partial charge on any atom is 0.250 e. The first kappa shape index (κ1) is 12.4. The number of carbonyl (C=O) groups excluding carboxylic acids is 1. The molecule has 0 bridgehead atoms. The van der Waals surface area contributed by atoms with Crippen LogP contribution in [0.2, 0.25) is 0 Å². The number of aromatic nitrogens is 2. The molecule has 2 aromatic rings. The number of hydrogen-bond donors (Lipinski definition) is 2. The van der Waals surface area contributed by atoms with E-state index in [0.29, 0.717) is 16.4 Å². The third-order valence-electron chi connectivity index (χ3n) is 2.26. The highest BCUT2D eigenvalue weighted by molar-refractivity contribution is 7.99. The van der Waals surface area contributed by atoms with E-state index >= 15 is 0 Å². The minimum atomic E-state index is -0.542. The number of primary amides is 1. The summed E-state index contributed by atoms with van der Waals surface area (Å²) in [6, 6.07) is 5.10. The zero-order valence-electron chi connectivity index (χ0n) is 9.75. The van der Waals surface area contributed by atoms with E-state index in [1.54, 1.807) is 30.6 Å². The Morgan fingerprint density at radius 1 is 1.28 bits per heavy atom. The van der Waals surface area contributed by atoms with Crippen LogP contribution >= 0.6 is 11.8 Å². The summed E-state index contributed by atoms with van der Waals surface area (Å²) in [5.41, 5.74) is 12.6. The summed E-state index contributed by atoms with van der Waals surface area (Å²) >= 11 is 1.35. The van der Waals surface area contributed by atoms with Gasteiger partial charge < -0.3 is 11.5 Å². The molecule has 0 spiro atoms. The van der Waals surface area contributed by atoms with E-state index in [1.807, 2.05) is 6.92 Å². The zero-order chi connectivity index (χ0) is 13.1. The van der Waals surface area contributed by atoms with Gasteiger partial charge in [0.1, 0.15) is 0 Å². The van der Waals surface area contributed by atoms with E-state index in [1.165, 1.54) is 11.8 Å². The summed E-state index contributed by atoms with van der Waals surface area (Å²) in [6.07, 6.45) is 3.48. The van der Waals surface area contributed by atoms with Crippen molar-refractivity contribution in [3.8, 4) is 0 Å². The Morgan fingerprint density at radius 3 is 2.56 bits per heavy atom. The van der Waals surface area contributed by atoms with Crippen molar-refractivity contribution < 1.29 is 4.79 Å². The number of hydrogen-bond acceptors (Lipinski definition) is 5. The average Bonchev–Trinajstić information content (AvgIpc) is 2.34. The van der Waals surface area contributed by atoms with Gasteiger partial charge in [0.2, 0.25) is 0 Å². The van der Waals surface area contributed by atoms with E-state index in [2.05, 4.69) is 9.97 Å². The monoisotopic (exact) mass is 260 g/mol. The number of nitrogens with zero attached hydrogens (tertiary/aromatic N) is 2. The van der Waals surface area contributed by atoms with Crippen molar-refractivity contribution in [2.24, 2.45) is 5.73 Å². The van der Waals surface area contributed by atoms with Gasteiger partial charge in [-0.1, -0.05) is 0 Å². The van der Waals surface area contributed by atoms with Gasteiger partial charge in [-0.2, -0.15) is 0 Å². The molecule has 0 atom stereocenters. The lowest BCUT2D eigenvalue weighted by Gasteiger charge is -2.05. The molecule has 1 heterocycles. The van der Waals surface area contributed by atoms with E-state index < -0.39 is 5.91 Å². The molecular formula is C12H12N4OS. The fourth-order valence-electron chi connectivity index (χ4n) is 1.35. The Hall–Kier alpha value is -2.08. The van der Waals surface area contributed by atoms with Crippen LogP contribution in [0.4, 0.5) is 5.69 Å². The number of anilines is 1. The van der Waals surface area contributed by atoms with Crippen LogP contribution in [0.25, 0.3) is 0 Å². The fraction of sp³-hybridized carbons (Fsp3) is 0.0833. The summed E-state index contributed by atoms with van der Waals surface area (Å²) in [7, 11) is 0. The Balaban J connectivity index is 2.27. The maximum absolute atomic E-state index is 11.2. The van der Waals surface area contributed by atoms with Crippen molar-refractivity contribution >= 4 is 23.4 Å². The fourth-order valence-corrected chi connectivity index (χ4v) is 2.09. The largest absolute Gasteiger partial charge is 0.398 e. The molecule has 0 aliphatic heterocycles. The molecule has 0 unspecified atom stereocenters. The highest BCUT2D eigenvalue weighted by Crippen LogP contribution is 2.27. The molecule has 0 fully saturated rings. The van der Waals surface area contributed by atoms with Crippen molar-refractivity contribution in [3.05, 3.63) is 41.7 Å². The third-order valence-corrected chi connectivity index (χ3v) is 3.14. The predicted octanol–water partition coefficient (Wildman–Crippen LogP) is 1.62. The van der Waals surface area contributed by atoms with Crippen LogP contribution in [0.5, 0.6) is 0 Å². The highest BCUT2D eigenvalue weighted by atomic mass is 32.2. The van der Waals surface area contributed by atoms with Crippen molar-refractivity contribution in [2.45, 2.75) is 17.0 Å². The van der Waals surface area contributed by atoms with Crippen molar-refractivity contribution in [3.63, 3.8) is 0 Å². The molecule has 5 nitrogen and oxygen atoms in total. The summed E-state index contributed by atoms with van der Waals surface area (Å²) in [4.78, 5) is 20.3. The Morgan fingerprint density at radius 2 is 1.94 bits per heavy atom. The lowest BCUT2D eigenvalue weighted by atomic mass is 10.2. The minimum Gasteiger partial charge on any atom is -0.398 e. The standard InChI is InChI=1S/C12H12N4OS/c1-7-5-15-12(16-6-7)18-8-2-3-10(13)9(4-8)11(14)17/h2-6H,13H2,1H3,(H2,14,17). The number of nitrogen functional groups attached to an aromatic ring is 1. The normalized spacial score (nSPS) is 10.3. The number of carbonyl (C=O) groups is 1. The molecule has 6 heteroatoms. The van der Waals surface area contributed by atoms with Crippen LogP contribution in [-0.4, -0.2) is 15.9 Å². The Labute approximate surface area is 109 Å². The molecule has 0 aliphatic rings. The van der Waals surface area contributed by atoms with Crippen LogP contribution in [0.3, 0.4) is 0 Å². The number of amides is 1. The second-order valence-corrected chi connectivity index (χ2v) is 4.80. The molecule has 18 heavy (non-hydrogen) atoms. The van der Waals surface area contributed by atoms with Gasteiger partial charge in [-0.15, -0.1) is 0 Å². The highest BCUT2D eigenvalue weighted by Gasteiger charge is 2.08. The van der Waals surface area contributed by atoms with Crippen LogP contribution in [0.1, 0.15) is 15.9 Å². The first-order valence-electron chi connectivity index (χ1n) is 5.22. The first-order valence-corrected chi connectivity index (χ1v) is 6.04. The van der Waals surface area contributed by atoms with Crippen molar-refractivity contribution in [1.29, 1.82) is 0 Å². The number of nitrogens with two attached hydrogens (primary N) is 2. The van der Waals surface area contributed by atoms with Crippen LogP contribution in [-0.2, 0) is 0 Å². The Kier molecular flexibility index (Phi) is 3.47. The molecule has 0 aliphatic carbocycles. The van der Waals surface area contributed by atoms with Crippen molar-refractivity contribution in [1.82, 2.24) is 9.97 Å². The van der Waals surface area contributed by atoms with Gasteiger partial charge >= 0.3 is 0 Å². The number of benzene rings is 1. The number of rotatable bonds is 3. The van der Waals surface area contributed by atoms with Gasteiger partial charge in [-0.25, -0.2) is 9.97 Å². The molecule has 0 saturated carbocycles. The van der Waals surface area contributed by atoms with E-state index in [0.717, 1.165) is 10.5 Å². The van der Waals surface area contributed by atoms with Gasteiger partial charge in [0, 0.05) is 23.0 Å². The second-order valence-electron chi connectivity index (χ2n) is 3.76. The lowest BCUT2D eigenvalue weighted by molar-refractivity contribution is 0.100. The molecule has 0 saturated heterocycles. The summed E-state index contributed by atoms with van der Waals surface area (Å²) in [5, 5.41) is 0.612. The second kappa shape index (κ2) is 5.05. The molecule has 1 aromatic heterocycles. The van der Waals surface area contributed by atoms with Gasteiger partial charge in [0.25, 0.3) is 5.91 Å². The first-order chi connectivity index (χ1) is 8.56. The van der Waals surface area contributed by atoms with Gasteiger partial charge in [0.15, 0.2) is 5.16 Å². The molecule has 0 radical (unpaired) electrons.